The van der Waals surface area contributed by atoms with E-state index in [9.17, 15) is 18.8 Å². The zero-order valence-electron chi connectivity index (χ0n) is 16.8. The van der Waals surface area contributed by atoms with Crippen LogP contribution in [-0.2, 0) is 16.0 Å². The van der Waals surface area contributed by atoms with Crippen LogP contribution < -0.4 is 10.1 Å². The number of hydrogen-bond acceptors (Lipinski definition) is 4. The normalized spacial score (nSPS) is 13.7. The fourth-order valence-electron chi connectivity index (χ4n) is 3.28. The number of benzene rings is 2. The maximum absolute atomic E-state index is 13.2. The predicted molar refractivity (Wildman–Crippen MR) is 109 cm³/mol. The minimum absolute atomic E-state index is 0.00780. The number of rotatable bonds is 6. The fourth-order valence-corrected chi connectivity index (χ4v) is 3.28. The topological polar surface area (TPSA) is 79.0 Å². The molecule has 1 heterocycles. The van der Waals surface area contributed by atoms with E-state index in [-0.39, 0.29) is 30.7 Å². The summed E-state index contributed by atoms with van der Waals surface area (Å²) >= 11 is 0. The molecule has 0 unspecified atom stereocenters. The van der Waals surface area contributed by atoms with Gasteiger partial charge in [0.1, 0.15) is 11.6 Å². The Bertz CT molecular complexity index is 926. The summed E-state index contributed by atoms with van der Waals surface area (Å²) in [5.74, 6) is -0.456. The number of ether oxygens (including phenoxy) is 1. The maximum atomic E-state index is 13.2. The van der Waals surface area contributed by atoms with Gasteiger partial charge in [-0.3, -0.25) is 14.4 Å². The average molecular weight is 413 g/mol. The smallest absolute Gasteiger partial charge is 0.254 e. The monoisotopic (exact) mass is 413 g/mol. The van der Waals surface area contributed by atoms with Crippen LogP contribution in [0.25, 0.3) is 0 Å². The first-order chi connectivity index (χ1) is 14.5. The van der Waals surface area contributed by atoms with Crippen molar-refractivity contribution < 1.29 is 23.5 Å². The Morgan fingerprint density at radius 2 is 1.70 bits per heavy atom. The molecular weight excluding hydrogens is 389 g/mol. The Kier molecular flexibility index (Phi) is 7.00. The molecule has 8 heteroatoms. The molecule has 0 aliphatic carbocycles. The van der Waals surface area contributed by atoms with Crippen LogP contribution in [-0.4, -0.2) is 67.4 Å². The van der Waals surface area contributed by atoms with Crippen LogP contribution in [0, 0.1) is 5.82 Å². The second kappa shape index (κ2) is 9.87. The van der Waals surface area contributed by atoms with Crippen LogP contribution in [0.1, 0.15) is 15.9 Å². The molecule has 0 bridgehead atoms. The summed E-state index contributed by atoms with van der Waals surface area (Å²) in [5, 5.41) is 2.57. The van der Waals surface area contributed by atoms with Gasteiger partial charge in [-0.2, -0.15) is 0 Å². The van der Waals surface area contributed by atoms with Crippen LogP contribution in [0.2, 0.25) is 0 Å². The lowest BCUT2D eigenvalue weighted by molar-refractivity contribution is -0.133. The van der Waals surface area contributed by atoms with Gasteiger partial charge in [0.15, 0.2) is 0 Å². The van der Waals surface area contributed by atoms with E-state index in [1.807, 2.05) is 0 Å². The summed E-state index contributed by atoms with van der Waals surface area (Å²) in [6.45, 7) is 1.50. The van der Waals surface area contributed by atoms with Gasteiger partial charge in [-0.05, 0) is 35.9 Å². The zero-order valence-corrected chi connectivity index (χ0v) is 16.8. The standard InChI is InChI=1S/C22H24FN3O4/c1-30-19-7-3-5-17(14-19)22(29)26-10-8-25(9-11-26)21(28)15-24-20(27)13-16-4-2-6-18(23)12-16/h2-7,12,14H,8-11,13,15H2,1H3,(H,24,27). The van der Waals surface area contributed by atoms with Crippen molar-refractivity contribution in [1.29, 1.82) is 0 Å². The van der Waals surface area contributed by atoms with Crippen LogP contribution in [0.5, 0.6) is 5.75 Å². The summed E-state index contributed by atoms with van der Waals surface area (Å²) in [7, 11) is 1.55. The van der Waals surface area contributed by atoms with Crippen LogP contribution in [0.4, 0.5) is 4.39 Å². The van der Waals surface area contributed by atoms with Gasteiger partial charge < -0.3 is 19.9 Å². The molecule has 2 aromatic carbocycles. The Morgan fingerprint density at radius 1 is 1.00 bits per heavy atom. The molecule has 3 rings (SSSR count). The molecule has 158 valence electrons. The summed E-state index contributed by atoms with van der Waals surface area (Å²) in [5.41, 5.74) is 1.09. The molecule has 0 radical (unpaired) electrons. The summed E-state index contributed by atoms with van der Waals surface area (Å²) in [6, 6.07) is 12.8. The number of nitrogens with zero attached hydrogens (tertiary/aromatic N) is 2. The molecule has 7 nitrogen and oxygen atoms in total. The van der Waals surface area contributed by atoms with E-state index < -0.39 is 5.82 Å². The second-order valence-electron chi connectivity index (χ2n) is 6.99. The highest BCUT2D eigenvalue weighted by atomic mass is 19.1. The van der Waals surface area contributed by atoms with Crippen molar-refractivity contribution in [2.75, 3.05) is 39.8 Å². The number of piperazine rings is 1. The van der Waals surface area contributed by atoms with Gasteiger partial charge in [-0.1, -0.05) is 18.2 Å². The molecule has 3 amide bonds. The third-order valence-corrected chi connectivity index (χ3v) is 4.93. The molecular formula is C22H24FN3O4. The van der Waals surface area contributed by atoms with Crippen molar-refractivity contribution in [3.8, 4) is 5.75 Å². The largest absolute Gasteiger partial charge is 0.497 e. The highest BCUT2D eigenvalue weighted by Gasteiger charge is 2.25. The molecule has 0 spiro atoms. The first-order valence-corrected chi connectivity index (χ1v) is 9.68. The Balaban J connectivity index is 1.44. The number of halogens is 1. The first-order valence-electron chi connectivity index (χ1n) is 9.68. The van der Waals surface area contributed by atoms with Gasteiger partial charge in [0.05, 0.1) is 20.1 Å². The van der Waals surface area contributed by atoms with E-state index in [1.165, 1.54) is 18.2 Å². The zero-order chi connectivity index (χ0) is 21.5. The molecule has 1 N–H and O–H groups in total. The van der Waals surface area contributed by atoms with E-state index in [1.54, 1.807) is 47.2 Å². The minimum atomic E-state index is -0.405. The number of amides is 3. The molecule has 1 fully saturated rings. The SMILES string of the molecule is COc1cccc(C(=O)N2CCN(C(=O)CNC(=O)Cc3cccc(F)c3)CC2)c1. The molecule has 1 aliphatic rings. The molecule has 2 aromatic rings. The third-order valence-electron chi connectivity index (χ3n) is 4.93. The highest BCUT2D eigenvalue weighted by Crippen LogP contribution is 2.15. The van der Waals surface area contributed by atoms with Crippen molar-refractivity contribution in [3.05, 3.63) is 65.5 Å². The van der Waals surface area contributed by atoms with E-state index >= 15 is 0 Å². The Morgan fingerprint density at radius 3 is 2.40 bits per heavy atom. The molecule has 0 aromatic heterocycles. The van der Waals surface area contributed by atoms with E-state index in [0.717, 1.165) is 0 Å². The van der Waals surface area contributed by atoms with Gasteiger partial charge in [-0.25, -0.2) is 4.39 Å². The fraction of sp³-hybridized carbons (Fsp3) is 0.318. The number of nitrogens with one attached hydrogen (secondary N) is 1. The van der Waals surface area contributed by atoms with Gasteiger partial charge in [0.2, 0.25) is 11.8 Å². The van der Waals surface area contributed by atoms with E-state index in [4.69, 9.17) is 4.74 Å². The Hall–Kier alpha value is -3.42. The van der Waals surface area contributed by atoms with E-state index in [0.29, 0.717) is 43.1 Å². The number of methoxy groups -OCH3 is 1. The molecule has 1 saturated heterocycles. The maximum Gasteiger partial charge on any atom is 0.254 e. The first kappa shape index (κ1) is 21.3. The van der Waals surface area contributed by atoms with Crippen LogP contribution >= 0.6 is 0 Å². The van der Waals surface area contributed by atoms with Gasteiger partial charge in [0, 0.05) is 31.7 Å². The molecule has 30 heavy (non-hydrogen) atoms. The molecule has 0 atom stereocenters. The number of carbonyl (C=O) groups is 3. The average Bonchev–Trinajstić information content (AvgIpc) is 2.77. The molecule has 0 saturated carbocycles. The summed E-state index contributed by atoms with van der Waals surface area (Å²) in [6.07, 6.45) is 0.00780. The molecule has 1 aliphatic heterocycles. The van der Waals surface area contributed by atoms with Crippen LogP contribution in [0.3, 0.4) is 0 Å². The minimum Gasteiger partial charge on any atom is -0.497 e. The quantitative estimate of drug-likeness (QED) is 0.778. The lowest BCUT2D eigenvalue weighted by atomic mass is 10.1. The summed E-state index contributed by atoms with van der Waals surface area (Å²) in [4.78, 5) is 40.3. The van der Waals surface area contributed by atoms with Crippen molar-refractivity contribution >= 4 is 17.7 Å². The van der Waals surface area contributed by atoms with Crippen molar-refractivity contribution in [1.82, 2.24) is 15.1 Å². The third kappa shape index (κ3) is 5.56. The number of carbonyl (C=O) groups excluding carboxylic acids is 3. The van der Waals surface area contributed by atoms with Gasteiger partial charge >= 0.3 is 0 Å². The predicted octanol–water partition coefficient (Wildman–Crippen LogP) is 1.48. The number of hydrogen-bond donors (Lipinski definition) is 1. The lowest BCUT2D eigenvalue weighted by Gasteiger charge is -2.35. The highest BCUT2D eigenvalue weighted by molar-refractivity contribution is 5.95. The van der Waals surface area contributed by atoms with Gasteiger partial charge in [0.25, 0.3) is 5.91 Å². The van der Waals surface area contributed by atoms with Crippen molar-refractivity contribution in [2.24, 2.45) is 0 Å². The van der Waals surface area contributed by atoms with Gasteiger partial charge in [-0.15, -0.1) is 0 Å². The second-order valence-corrected chi connectivity index (χ2v) is 6.99. The van der Waals surface area contributed by atoms with Crippen molar-refractivity contribution in [2.45, 2.75) is 6.42 Å². The summed E-state index contributed by atoms with van der Waals surface area (Å²) < 4.78 is 18.3. The Labute approximate surface area is 174 Å². The van der Waals surface area contributed by atoms with Crippen molar-refractivity contribution in [3.63, 3.8) is 0 Å². The lowest BCUT2D eigenvalue weighted by Crippen LogP contribution is -2.52. The van der Waals surface area contributed by atoms with Crippen LogP contribution in [0.15, 0.2) is 48.5 Å². The van der Waals surface area contributed by atoms with E-state index in [2.05, 4.69) is 5.32 Å².